The normalized spacial score (nSPS) is 22.4. The number of hydrogen-bond acceptors (Lipinski definition) is 5. The summed E-state index contributed by atoms with van der Waals surface area (Å²) in [5.41, 5.74) is 0. The summed E-state index contributed by atoms with van der Waals surface area (Å²) in [4.78, 5) is 10.5. The maximum absolute atomic E-state index is 12.6. The third-order valence-electron chi connectivity index (χ3n) is 4.04. The van der Waals surface area contributed by atoms with Gasteiger partial charge in [0.1, 0.15) is 0 Å². The molecule has 3 heterocycles. The summed E-state index contributed by atoms with van der Waals surface area (Å²) >= 11 is 0. The molecule has 0 aromatic carbocycles. The maximum Gasteiger partial charge on any atom is 0.282 e. The zero-order valence-electron chi connectivity index (χ0n) is 12.1. The quantitative estimate of drug-likeness (QED) is 0.804. The molecule has 0 spiro atoms. The van der Waals surface area contributed by atoms with Crippen LogP contribution in [0.1, 0.15) is 19.3 Å². The monoisotopic (exact) mass is 311 g/mol. The molecule has 1 aromatic rings. The summed E-state index contributed by atoms with van der Waals surface area (Å²) in [5.74, 6) is 0.674. The molecule has 2 fully saturated rings. The molecule has 116 valence electrons. The predicted octanol–water partition coefficient (Wildman–Crippen LogP) is 0.329. The van der Waals surface area contributed by atoms with Crippen LogP contribution in [0.25, 0.3) is 0 Å². The first-order valence-electron chi connectivity index (χ1n) is 7.45. The van der Waals surface area contributed by atoms with Gasteiger partial charge in [-0.2, -0.15) is 17.0 Å². The molecule has 0 saturated carbocycles. The number of anilines is 1. The lowest BCUT2D eigenvalue weighted by Gasteiger charge is -2.37. The minimum Gasteiger partial charge on any atom is -0.338 e. The van der Waals surface area contributed by atoms with Gasteiger partial charge in [-0.05, 0) is 18.9 Å². The molecule has 2 aliphatic rings. The van der Waals surface area contributed by atoms with Gasteiger partial charge in [-0.3, -0.25) is 0 Å². The van der Waals surface area contributed by atoms with Crippen LogP contribution in [0.4, 0.5) is 5.95 Å². The smallest absolute Gasteiger partial charge is 0.282 e. The summed E-state index contributed by atoms with van der Waals surface area (Å²) in [6.45, 7) is 3.58. The Labute approximate surface area is 125 Å². The molecule has 0 unspecified atom stereocenters. The van der Waals surface area contributed by atoms with Crippen molar-refractivity contribution in [1.29, 1.82) is 0 Å². The second kappa shape index (κ2) is 6.25. The van der Waals surface area contributed by atoms with Crippen LogP contribution in [0.2, 0.25) is 0 Å². The van der Waals surface area contributed by atoms with E-state index in [1.807, 2.05) is 4.90 Å². The number of piperazine rings is 1. The van der Waals surface area contributed by atoms with Crippen LogP contribution in [0.5, 0.6) is 0 Å². The molecule has 1 aromatic heterocycles. The van der Waals surface area contributed by atoms with Gasteiger partial charge in [0, 0.05) is 51.7 Å². The first kappa shape index (κ1) is 14.7. The van der Waals surface area contributed by atoms with Crippen LogP contribution in [0, 0.1) is 0 Å². The van der Waals surface area contributed by atoms with Gasteiger partial charge in [0.15, 0.2) is 0 Å². The third kappa shape index (κ3) is 3.17. The average molecular weight is 311 g/mol. The Balaban J connectivity index is 1.62. The second-order valence-electron chi connectivity index (χ2n) is 5.40. The highest BCUT2D eigenvalue weighted by atomic mass is 32.2. The molecule has 2 saturated heterocycles. The number of piperidine rings is 1. The van der Waals surface area contributed by atoms with E-state index < -0.39 is 10.2 Å². The van der Waals surface area contributed by atoms with Crippen LogP contribution >= 0.6 is 0 Å². The van der Waals surface area contributed by atoms with Crippen LogP contribution in [-0.4, -0.2) is 66.3 Å². The van der Waals surface area contributed by atoms with Gasteiger partial charge >= 0.3 is 0 Å². The standard InChI is InChI=1S/C13H21N5O2S/c19-21(20,17-7-2-1-3-8-17)18-11-9-16(10-12-18)13-14-5-4-6-15-13/h4-6H,1-3,7-12H2. The van der Waals surface area contributed by atoms with Crippen molar-refractivity contribution >= 4 is 16.2 Å². The van der Waals surface area contributed by atoms with E-state index in [2.05, 4.69) is 9.97 Å². The highest BCUT2D eigenvalue weighted by Gasteiger charge is 2.33. The summed E-state index contributed by atoms with van der Waals surface area (Å²) < 4.78 is 28.4. The molecule has 0 bridgehead atoms. The summed E-state index contributed by atoms with van der Waals surface area (Å²) in [7, 11) is -3.29. The van der Waals surface area contributed by atoms with E-state index in [-0.39, 0.29) is 0 Å². The highest BCUT2D eigenvalue weighted by molar-refractivity contribution is 7.86. The lowest BCUT2D eigenvalue weighted by molar-refractivity contribution is 0.295. The molecule has 0 amide bonds. The summed E-state index contributed by atoms with van der Waals surface area (Å²) in [6.07, 6.45) is 6.48. The van der Waals surface area contributed by atoms with Gasteiger partial charge in [-0.25, -0.2) is 9.97 Å². The van der Waals surface area contributed by atoms with E-state index in [0.717, 1.165) is 19.3 Å². The van der Waals surface area contributed by atoms with Gasteiger partial charge in [0.25, 0.3) is 10.2 Å². The van der Waals surface area contributed by atoms with Crippen molar-refractivity contribution in [2.75, 3.05) is 44.2 Å². The fraction of sp³-hybridized carbons (Fsp3) is 0.692. The highest BCUT2D eigenvalue weighted by Crippen LogP contribution is 2.19. The van der Waals surface area contributed by atoms with E-state index in [0.29, 0.717) is 45.2 Å². The zero-order valence-corrected chi connectivity index (χ0v) is 12.9. The van der Waals surface area contributed by atoms with Crippen molar-refractivity contribution in [3.8, 4) is 0 Å². The fourth-order valence-electron chi connectivity index (χ4n) is 2.83. The van der Waals surface area contributed by atoms with Crippen molar-refractivity contribution in [3.63, 3.8) is 0 Å². The van der Waals surface area contributed by atoms with Crippen molar-refractivity contribution in [2.45, 2.75) is 19.3 Å². The van der Waals surface area contributed by atoms with Crippen molar-refractivity contribution in [2.24, 2.45) is 0 Å². The van der Waals surface area contributed by atoms with Gasteiger partial charge in [0.05, 0.1) is 0 Å². The first-order chi connectivity index (χ1) is 10.2. The zero-order chi connectivity index (χ0) is 14.7. The Kier molecular flexibility index (Phi) is 4.37. The van der Waals surface area contributed by atoms with Crippen molar-refractivity contribution in [3.05, 3.63) is 18.5 Å². The fourth-order valence-corrected chi connectivity index (χ4v) is 4.50. The van der Waals surface area contributed by atoms with E-state index in [1.54, 1.807) is 27.1 Å². The lowest BCUT2D eigenvalue weighted by Crippen LogP contribution is -2.54. The Bertz CT molecular complexity index is 551. The molecule has 0 N–H and O–H groups in total. The van der Waals surface area contributed by atoms with E-state index in [4.69, 9.17) is 0 Å². The largest absolute Gasteiger partial charge is 0.338 e. The molecule has 8 heteroatoms. The molecule has 0 atom stereocenters. The summed E-state index contributed by atoms with van der Waals surface area (Å²) in [6, 6.07) is 1.78. The van der Waals surface area contributed by atoms with Crippen molar-refractivity contribution < 1.29 is 8.42 Å². The Hall–Kier alpha value is -1.25. The Morgan fingerprint density at radius 3 is 2.00 bits per heavy atom. The first-order valence-corrected chi connectivity index (χ1v) is 8.85. The van der Waals surface area contributed by atoms with Crippen LogP contribution in [0.15, 0.2) is 18.5 Å². The molecule has 21 heavy (non-hydrogen) atoms. The second-order valence-corrected chi connectivity index (χ2v) is 7.33. The molecule has 0 radical (unpaired) electrons. The van der Waals surface area contributed by atoms with Crippen LogP contribution in [-0.2, 0) is 10.2 Å². The van der Waals surface area contributed by atoms with Gasteiger partial charge in [0.2, 0.25) is 5.95 Å². The molecule has 2 aliphatic heterocycles. The number of aromatic nitrogens is 2. The predicted molar refractivity (Wildman–Crippen MR) is 80.2 cm³/mol. The third-order valence-corrected chi connectivity index (χ3v) is 6.08. The SMILES string of the molecule is O=S(=O)(N1CCCCC1)N1CCN(c2ncccn2)CC1. The topological polar surface area (TPSA) is 69.6 Å². The minimum absolute atomic E-state index is 0.497. The average Bonchev–Trinajstić information content (AvgIpc) is 2.57. The van der Waals surface area contributed by atoms with E-state index in [9.17, 15) is 8.42 Å². The van der Waals surface area contributed by atoms with E-state index in [1.165, 1.54) is 0 Å². The Morgan fingerprint density at radius 2 is 1.38 bits per heavy atom. The number of hydrogen-bond donors (Lipinski definition) is 0. The van der Waals surface area contributed by atoms with Crippen LogP contribution in [0.3, 0.4) is 0 Å². The van der Waals surface area contributed by atoms with E-state index >= 15 is 0 Å². The molecule has 7 nitrogen and oxygen atoms in total. The molecule has 3 rings (SSSR count). The molecular formula is C13H21N5O2S. The number of nitrogens with zero attached hydrogens (tertiary/aromatic N) is 5. The summed E-state index contributed by atoms with van der Waals surface area (Å²) in [5, 5.41) is 0. The lowest BCUT2D eigenvalue weighted by atomic mass is 10.2. The Morgan fingerprint density at radius 1 is 0.810 bits per heavy atom. The van der Waals surface area contributed by atoms with Crippen LogP contribution < -0.4 is 4.90 Å². The number of rotatable bonds is 3. The maximum atomic E-state index is 12.6. The van der Waals surface area contributed by atoms with Gasteiger partial charge in [-0.1, -0.05) is 6.42 Å². The van der Waals surface area contributed by atoms with Gasteiger partial charge < -0.3 is 4.90 Å². The van der Waals surface area contributed by atoms with Gasteiger partial charge in [-0.15, -0.1) is 0 Å². The molecular weight excluding hydrogens is 290 g/mol. The minimum atomic E-state index is -3.29. The van der Waals surface area contributed by atoms with Crippen molar-refractivity contribution in [1.82, 2.24) is 18.6 Å². The molecule has 0 aliphatic carbocycles.